The molecule has 0 unspecified atom stereocenters. The van der Waals surface area contributed by atoms with E-state index < -0.39 is 0 Å². The smallest absolute Gasteiger partial charge is 0.262 e. The van der Waals surface area contributed by atoms with Crippen LogP contribution in [0.4, 0.5) is 5.69 Å². The number of hydrogen-bond donors (Lipinski definition) is 1. The summed E-state index contributed by atoms with van der Waals surface area (Å²) in [6, 6.07) is 22.6. The average Bonchev–Trinajstić information content (AvgIpc) is 2.89. The van der Waals surface area contributed by atoms with E-state index in [1.165, 1.54) is 24.4 Å². The highest BCUT2D eigenvalue weighted by molar-refractivity contribution is 7.99. The Labute approximate surface area is 208 Å². The molecule has 35 heavy (non-hydrogen) atoms. The van der Waals surface area contributed by atoms with Gasteiger partial charge in [0.25, 0.3) is 5.56 Å². The molecule has 0 fully saturated rings. The second-order valence-corrected chi connectivity index (χ2v) is 8.80. The van der Waals surface area contributed by atoms with Crippen LogP contribution >= 0.6 is 11.8 Å². The molecule has 0 aliphatic heterocycles. The molecule has 0 spiro atoms. The lowest BCUT2D eigenvalue weighted by atomic mass is 10.1. The maximum Gasteiger partial charge on any atom is 0.262 e. The Morgan fingerprint density at radius 3 is 2.54 bits per heavy atom. The molecule has 7 nitrogen and oxygen atoms in total. The number of thioether (sulfide) groups is 1. The number of carbonyl (C=O) groups excluding carboxylic acids is 1. The second-order valence-electron chi connectivity index (χ2n) is 7.86. The summed E-state index contributed by atoms with van der Waals surface area (Å²) < 4.78 is 12.2. The van der Waals surface area contributed by atoms with Crippen LogP contribution in [0, 0.1) is 0 Å². The van der Waals surface area contributed by atoms with E-state index in [-0.39, 0.29) is 17.2 Å². The quantitative estimate of drug-likeness (QED) is 0.255. The molecule has 0 bridgehead atoms. The Hall–Kier alpha value is -3.78. The summed E-state index contributed by atoms with van der Waals surface area (Å²) in [6.45, 7) is 0.516. The van der Waals surface area contributed by atoms with Gasteiger partial charge in [0.15, 0.2) is 5.16 Å². The molecule has 1 amide bonds. The molecule has 4 rings (SSSR count). The average molecular weight is 490 g/mol. The van der Waals surface area contributed by atoms with Gasteiger partial charge in [-0.2, -0.15) is 0 Å². The number of aromatic nitrogens is 2. The van der Waals surface area contributed by atoms with Crippen LogP contribution in [0.3, 0.4) is 0 Å². The standard InChI is InChI=1S/C27H27N3O4S/c1-33-20-14-15-23(24(17-20)34-2)28-25(31)18-35-27-29-22-13-7-6-12-21(22)26(32)30(27)16-8-11-19-9-4-3-5-10-19/h3-7,9-10,12-15,17H,8,11,16,18H2,1-2H3,(H,28,31). The molecule has 1 heterocycles. The minimum atomic E-state index is -0.225. The van der Waals surface area contributed by atoms with Crippen molar-refractivity contribution in [3.8, 4) is 11.5 Å². The zero-order valence-electron chi connectivity index (χ0n) is 19.7. The summed E-state index contributed by atoms with van der Waals surface area (Å²) in [5, 5.41) is 3.96. The number of benzene rings is 3. The number of aryl methyl sites for hydroxylation is 1. The van der Waals surface area contributed by atoms with Gasteiger partial charge in [-0.3, -0.25) is 14.2 Å². The van der Waals surface area contributed by atoms with Gasteiger partial charge in [0.2, 0.25) is 5.91 Å². The fourth-order valence-corrected chi connectivity index (χ4v) is 4.58. The van der Waals surface area contributed by atoms with Gasteiger partial charge in [0.05, 0.1) is 36.6 Å². The molecule has 0 saturated heterocycles. The lowest BCUT2D eigenvalue weighted by Crippen LogP contribution is -2.24. The van der Waals surface area contributed by atoms with E-state index in [9.17, 15) is 9.59 Å². The number of hydrogen-bond acceptors (Lipinski definition) is 6. The van der Waals surface area contributed by atoms with Gasteiger partial charge >= 0.3 is 0 Å². The predicted molar refractivity (Wildman–Crippen MR) is 140 cm³/mol. The van der Waals surface area contributed by atoms with Crippen molar-refractivity contribution in [3.05, 3.63) is 88.7 Å². The van der Waals surface area contributed by atoms with Crippen LogP contribution in [0.5, 0.6) is 11.5 Å². The summed E-state index contributed by atoms with van der Waals surface area (Å²) in [7, 11) is 3.10. The van der Waals surface area contributed by atoms with Gasteiger partial charge in [-0.25, -0.2) is 4.98 Å². The van der Waals surface area contributed by atoms with Crippen LogP contribution < -0.4 is 20.3 Å². The highest BCUT2D eigenvalue weighted by atomic mass is 32.2. The number of carbonyl (C=O) groups is 1. The second kappa shape index (κ2) is 11.6. The molecular formula is C27H27N3O4S. The Morgan fingerprint density at radius 1 is 1.00 bits per heavy atom. The number of anilines is 1. The molecule has 0 radical (unpaired) electrons. The Bertz CT molecular complexity index is 1370. The predicted octanol–water partition coefficient (Wildman–Crippen LogP) is 4.78. The number of amides is 1. The van der Waals surface area contributed by atoms with Gasteiger partial charge in [0.1, 0.15) is 11.5 Å². The monoisotopic (exact) mass is 489 g/mol. The largest absolute Gasteiger partial charge is 0.497 e. The molecular weight excluding hydrogens is 462 g/mol. The molecule has 180 valence electrons. The summed E-state index contributed by atoms with van der Waals surface area (Å²) >= 11 is 1.25. The lowest BCUT2D eigenvalue weighted by Gasteiger charge is -2.14. The van der Waals surface area contributed by atoms with Crippen molar-refractivity contribution in [2.24, 2.45) is 0 Å². The first-order valence-electron chi connectivity index (χ1n) is 11.3. The van der Waals surface area contributed by atoms with Gasteiger partial charge in [0, 0.05) is 12.6 Å². The SMILES string of the molecule is COc1ccc(NC(=O)CSc2nc3ccccc3c(=O)n2CCCc2ccccc2)c(OC)c1. The van der Waals surface area contributed by atoms with E-state index in [4.69, 9.17) is 14.5 Å². The van der Waals surface area contributed by atoms with Gasteiger partial charge in [-0.05, 0) is 42.7 Å². The van der Waals surface area contributed by atoms with Crippen molar-refractivity contribution in [2.75, 3.05) is 25.3 Å². The van der Waals surface area contributed by atoms with Crippen molar-refractivity contribution >= 4 is 34.3 Å². The van der Waals surface area contributed by atoms with Crippen LogP contribution in [-0.2, 0) is 17.8 Å². The van der Waals surface area contributed by atoms with Crippen molar-refractivity contribution in [1.29, 1.82) is 0 Å². The van der Waals surface area contributed by atoms with E-state index >= 15 is 0 Å². The normalized spacial score (nSPS) is 10.8. The van der Waals surface area contributed by atoms with Gasteiger partial charge < -0.3 is 14.8 Å². The number of nitrogens with zero attached hydrogens (tertiary/aromatic N) is 2. The highest BCUT2D eigenvalue weighted by Gasteiger charge is 2.15. The van der Waals surface area contributed by atoms with Crippen LogP contribution in [0.15, 0.2) is 82.7 Å². The number of ether oxygens (including phenoxy) is 2. The molecule has 3 aromatic carbocycles. The number of rotatable bonds is 10. The number of nitrogens with one attached hydrogen (secondary N) is 1. The Morgan fingerprint density at radius 2 is 1.77 bits per heavy atom. The summed E-state index contributed by atoms with van der Waals surface area (Å²) in [4.78, 5) is 30.7. The van der Waals surface area contributed by atoms with Crippen molar-refractivity contribution in [1.82, 2.24) is 9.55 Å². The third kappa shape index (κ3) is 6.02. The zero-order valence-corrected chi connectivity index (χ0v) is 20.5. The van der Waals surface area contributed by atoms with E-state index in [0.29, 0.717) is 39.8 Å². The fourth-order valence-electron chi connectivity index (χ4n) is 3.76. The topological polar surface area (TPSA) is 82.5 Å². The maximum absolute atomic E-state index is 13.3. The van der Waals surface area contributed by atoms with Crippen LogP contribution in [-0.4, -0.2) is 35.4 Å². The molecule has 4 aromatic rings. The van der Waals surface area contributed by atoms with E-state index in [0.717, 1.165) is 12.8 Å². The Balaban J connectivity index is 1.51. The first-order chi connectivity index (χ1) is 17.1. The highest BCUT2D eigenvalue weighted by Crippen LogP contribution is 2.29. The van der Waals surface area contributed by atoms with E-state index in [1.807, 2.05) is 36.4 Å². The summed E-state index contributed by atoms with van der Waals surface area (Å²) in [6.07, 6.45) is 1.63. The van der Waals surface area contributed by atoms with Crippen LogP contribution in [0.25, 0.3) is 10.9 Å². The molecule has 0 aliphatic rings. The molecule has 0 saturated carbocycles. The molecule has 1 N–H and O–H groups in total. The molecule has 0 atom stereocenters. The van der Waals surface area contributed by atoms with E-state index in [1.54, 1.807) is 35.9 Å². The number of fused-ring (bicyclic) bond motifs is 1. The fraction of sp³-hybridized carbons (Fsp3) is 0.222. The minimum Gasteiger partial charge on any atom is -0.497 e. The molecule has 0 aliphatic carbocycles. The van der Waals surface area contributed by atoms with Crippen LogP contribution in [0.1, 0.15) is 12.0 Å². The van der Waals surface area contributed by atoms with Crippen molar-refractivity contribution in [2.45, 2.75) is 24.5 Å². The van der Waals surface area contributed by atoms with Gasteiger partial charge in [-0.1, -0.05) is 54.2 Å². The zero-order chi connectivity index (χ0) is 24.6. The van der Waals surface area contributed by atoms with Gasteiger partial charge in [-0.15, -0.1) is 0 Å². The summed E-state index contributed by atoms with van der Waals surface area (Å²) in [5.74, 6) is 1.01. The first-order valence-corrected chi connectivity index (χ1v) is 12.3. The van der Waals surface area contributed by atoms with E-state index in [2.05, 4.69) is 17.4 Å². The first kappa shape index (κ1) is 24.3. The minimum absolute atomic E-state index is 0.0941. The maximum atomic E-state index is 13.3. The number of para-hydroxylation sites is 1. The Kier molecular flexibility index (Phi) is 8.05. The van der Waals surface area contributed by atoms with Crippen LogP contribution in [0.2, 0.25) is 0 Å². The van der Waals surface area contributed by atoms with Crippen molar-refractivity contribution in [3.63, 3.8) is 0 Å². The third-order valence-corrected chi connectivity index (χ3v) is 6.51. The summed E-state index contributed by atoms with van der Waals surface area (Å²) in [5.41, 5.74) is 2.29. The lowest BCUT2D eigenvalue weighted by molar-refractivity contribution is -0.113. The molecule has 8 heteroatoms. The third-order valence-electron chi connectivity index (χ3n) is 5.53. The van der Waals surface area contributed by atoms with Crippen molar-refractivity contribution < 1.29 is 14.3 Å². The number of methoxy groups -OCH3 is 2. The molecule has 1 aromatic heterocycles.